The Labute approximate surface area is 150 Å². The van der Waals surface area contributed by atoms with Gasteiger partial charge in [-0.2, -0.15) is 0 Å². The fraction of sp³-hybridized carbons (Fsp3) is 0.222. The van der Waals surface area contributed by atoms with E-state index in [-0.39, 0.29) is 30.2 Å². The quantitative estimate of drug-likeness (QED) is 0.493. The molecule has 0 bridgehead atoms. The first-order chi connectivity index (χ1) is 12.0. The normalized spacial score (nSPS) is 10.3. The second-order valence-electron chi connectivity index (χ2n) is 5.35. The maximum atomic E-state index is 12.0. The number of ether oxygens (including phenoxy) is 1. The van der Waals surface area contributed by atoms with Crippen molar-refractivity contribution in [1.29, 1.82) is 0 Å². The zero-order valence-corrected chi connectivity index (χ0v) is 14.1. The molecule has 6 nitrogen and oxygen atoms in total. The number of nitrogens with one attached hydrogen (secondary N) is 1. The van der Waals surface area contributed by atoms with Crippen molar-refractivity contribution >= 4 is 29.2 Å². The lowest BCUT2D eigenvalue weighted by Gasteiger charge is -2.10. The van der Waals surface area contributed by atoms with Crippen LogP contribution in [0.5, 0.6) is 11.5 Å². The number of carboxylic acid groups (broad SMARTS) is 1. The van der Waals surface area contributed by atoms with Gasteiger partial charge in [0.25, 0.3) is 0 Å². The highest BCUT2D eigenvalue weighted by atomic mass is 35.5. The third-order valence-electron chi connectivity index (χ3n) is 3.33. The number of hydrogen-bond donors (Lipinski definition) is 3. The number of carboxylic acids is 1. The number of rotatable bonds is 8. The SMILES string of the molecule is O=C(O)Cc1ccc(O)c(NC(=O)CCCOc2ccccc2Cl)c1. The Morgan fingerprint density at radius 2 is 1.92 bits per heavy atom. The molecule has 25 heavy (non-hydrogen) atoms. The maximum absolute atomic E-state index is 12.0. The average molecular weight is 364 g/mol. The number of carbonyl (C=O) groups is 2. The Balaban J connectivity index is 1.82. The van der Waals surface area contributed by atoms with Crippen LogP contribution in [0.3, 0.4) is 0 Å². The summed E-state index contributed by atoms with van der Waals surface area (Å²) >= 11 is 5.97. The van der Waals surface area contributed by atoms with Crippen molar-refractivity contribution in [3.05, 3.63) is 53.1 Å². The monoisotopic (exact) mass is 363 g/mol. The first-order valence-corrected chi connectivity index (χ1v) is 8.04. The van der Waals surface area contributed by atoms with E-state index in [0.717, 1.165) is 0 Å². The Morgan fingerprint density at radius 3 is 2.64 bits per heavy atom. The van der Waals surface area contributed by atoms with Gasteiger partial charge in [-0.25, -0.2) is 0 Å². The molecule has 0 fully saturated rings. The summed E-state index contributed by atoms with van der Waals surface area (Å²) in [6.07, 6.45) is 0.467. The van der Waals surface area contributed by atoms with Crippen LogP contribution < -0.4 is 10.1 Å². The molecule has 2 aromatic carbocycles. The predicted molar refractivity (Wildman–Crippen MR) is 94.3 cm³/mol. The summed E-state index contributed by atoms with van der Waals surface area (Å²) < 4.78 is 5.50. The van der Waals surface area contributed by atoms with Gasteiger partial charge in [-0.3, -0.25) is 9.59 Å². The Bertz CT molecular complexity index is 763. The Morgan fingerprint density at radius 1 is 1.16 bits per heavy atom. The summed E-state index contributed by atoms with van der Waals surface area (Å²) in [5, 5.41) is 21.6. The molecule has 7 heteroatoms. The number of phenols is 1. The highest BCUT2D eigenvalue weighted by Gasteiger charge is 2.09. The number of para-hydroxylation sites is 1. The summed E-state index contributed by atoms with van der Waals surface area (Å²) in [6.45, 7) is 0.322. The summed E-state index contributed by atoms with van der Waals surface area (Å²) in [7, 11) is 0. The zero-order chi connectivity index (χ0) is 18.2. The molecule has 0 aliphatic rings. The molecule has 0 saturated heterocycles. The lowest BCUT2D eigenvalue weighted by atomic mass is 10.1. The molecule has 2 aromatic rings. The van der Waals surface area contributed by atoms with Crippen LogP contribution in [0.4, 0.5) is 5.69 Å². The number of benzene rings is 2. The molecular formula is C18H18ClNO5. The number of hydrogen-bond acceptors (Lipinski definition) is 4. The van der Waals surface area contributed by atoms with Crippen molar-refractivity contribution in [3.8, 4) is 11.5 Å². The standard InChI is InChI=1S/C18H18ClNO5/c19-13-4-1-2-5-16(13)25-9-3-6-17(22)20-14-10-12(11-18(23)24)7-8-15(14)21/h1-2,4-5,7-8,10,21H,3,6,9,11H2,(H,20,22)(H,23,24). The van der Waals surface area contributed by atoms with E-state index >= 15 is 0 Å². The van der Waals surface area contributed by atoms with Gasteiger partial charge >= 0.3 is 5.97 Å². The molecule has 0 aliphatic carbocycles. The molecule has 132 valence electrons. The smallest absolute Gasteiger partial charge is 0.307 e. The number of phenolic OH excluding ortho intramolecular Hbond substituents is 1. The van der Waals surface area contributed by atoms with Gasteiger partial charge in [0.2, 0.25) is 5.91 Å². The van der Waals surface area contributed by atoms with Crippen LogP contribution in [-0.2, 0) is 16.0 Å². The van der Waals surface area contributed by atoms with Crippen LogP contribution in [0.15, 0.2) is 42.5 Å². The molecule has 0 aliphatic heterocycles. The van der Waals surface area contributed by atoms with Gasteiger partial charge < -0.3 is 20.3 Å². The van der Waals surface area contributed by atoms with Crippen molar-refractivity contribution in [2.75, 3.05) is 11.9 Å². The number of aromatic hydroxyl groups is 1. The van der Waals surface area contributed by atoms with E-state index in [0.29, 0.717) is 29.4 Å². The van der Waals surface area contributed by atoms with Crippen molar-refractivity contribution < 1.29 is 24.5 Å². The maximum Gasteiger partial charge on any atom is 0.307 e. The molecule has 0 spiro atoms. The molecule has 3 N–H and O–H groups in total. The van der Waals surface area contributed by atoms with Crippen LogP contribution in [0.25, 0.3) is 0 Å². The number of halogens is 1. The van der Waals surface area contributed by atoms with E-state index in [4.69, 9.17) is 21.4 Å². The van der Waals surface area contributed by atoms with Crippen LogP contribution in [-0.4, -0.2) is 28.7 Å². The fourth-order valence-corrected chi connectivity index (χ4v) is 2.35. The van der Waals surface area contributed by atoms with Crippen LogP contribution in [0.1, 0.15) is 18.4 Å². The lowest BCUT2D eigenvalue weighted by molar-refractivity contribution is -0.136. The second-order valence-corrected chi connectivity index (χ2v) is 5.76. The summed E-state index contributed by atoms with van der Waals surface area (Å²) in [5.74, 6) is -0.844. The van der Waals surface area contributed by atoms with Gasteiger partial charge in [-0.05, 0) is 36.2 Å². The van der Waals surface area contributed by atoms with Gasteiger partial charge in [0.15, 0.2) is 0 Å². The van der Waals surface area contributed by atoms with Gasteiger partial charge in [0.05, 0.1) is 23.7 Å². The van der Waals surface area contributed by atoms with Crippen molar-refractivity contribution in [2.24, 2.45) is 0 Å². The fourth-order valence-electron chi connectivity index (χ4n) is 2.16. The highest BCUT2D eigenvalue weighted by Crippen LogP contribution is 2.25. The number of aliphatic carboxylic acids is 1. The van der Waals surface area contributed by atoms with Crippen LogP contribution in [0.2, 0.25) is 5.02 Å². The van der Waals surface area contributed by atoms with Gasteiger partial charge in [-0.1, -0.05) is 29.8 Å². The Hall–Kier alpha value is -2.73. The molecule has 0 saturated carbocycles. The minimum atomic E-state index is -0.986. The van der Waals surface area contributed by atoms with Crippen molar-refractivity contribution in [2.45, 2.75) is 19.3 Å². The molecule has 2 rings (SSSR count). The zero-order valence-electron chi connectivity index (χ0n) is 13.4. The third kappa shape index (κ3) is 6.00. The Kier molecular flexibility index (Phi) is 6.65. The van der Waals surface area contributed by atoms with E-state index in [9.17, 15) is 14.7 Å². The minimum Gasteiger partial charge on any atom is -0.506 e. The number of amides is 1. The largest absolute Gasteiger partial charge is 0.506 e. The first kappa shape index (κ1) is 18.6. The minimum absolute atomic E-state index is 0.116. The first-order valence-electron chi connectivity index (χ1n) is 7.66. The van der Waals surface area contributed by atoms with E-state index < -0.39 is 5.97 Å². The summed E-state index contributed by atoms with van der Waals surface area (Å²) in [5.41, 5.74) is 0.679. The number of carbonyl (C=O) groups excluding carboxylic acids is 1. The van der Waals surface area contributed by atoms with E-state index in [2.05, 4.69) is 5.32 Å². The van der Waals surface area contributed by atoms with Crippen LogP contribution >= 0.6 is 11.6 Å². The molecule has 0 atom stereocenters. The third-order valence-corrected chi connectivity index (χ3v) is 3.65. The van der Waals surface area contributed by atoms with E-state index in [1.54, 1.807) is 24.3 Å². The van der Waals surface area contributed by atoms with E-state index in [1.807, 2.05) is 0 Å². The van der Waals surface area contributed by atoms with Gasteiger partial charge in [0, 0.05) is 6.42 Å². The molecule has 0 radical (unpaired) electrons. The molecule has 0 aromatic heterocycles. The number of anilines is 1. The average Bonchev–Trinajstić information content (AvgIpc) is 2.56. The molecule has 0 heterocycles. The summed E-state index contributed by atoms with van der Waals surface area (Å²) in [4.78, 5) is 22.7. The van der Waals surface area contributed by atoms with Crippen molar-refractivity contribution in [3.63, 3.8) is 0 Å². The van der Waals surface area contributed by atoms with Crippen LogP contribution in [0, 0.1) is 0 Å². The molecule has 1 amide bonds. The van der Waals surface area contributed by atoms with Gasteiger partial charge in [0.1, 0.15) is 11.5 Å². The van der Waals surface area contributed by atoms with E-state index in [1.165, 1.54) is 18.2 Å². The lowest BCUT2D eigenvalue weighted by Crippen LogP contribution is -2.13. The predicted octanol–water partition coefficient (Wildman–Crippen LogP) is 3.47. The summed E-state index contributed by atoms with van der Waals surface area (Å²) in [6, 6.07) is 11.4. The van der Waals surface area contributed by atoms with Crippen molar-refractivity contribution in [1.82, 2.24) is 0 Å². The molecular weight excluding hydrogens is 346 g/mol. The van der Waals surface area contributed by atoms with Gasteiger partial charge in [-0.15, -0.1) is 0 Å². The highest BCUT2D eigenvalue weighted by molar-refractivity contribution is 6.32. The second kappa shape index (κ2) is 8.94. The molecule has 0 unspecified atom stereocenters. The topological polar surface area (TPSA) is 95.9 Å².